The van der Waals surface area contributed by atoms with Gasteiger partial charge >= 0.3 is 0 Å². The van der Waals surface area contributed by atoms with Gasteiger partial charge < -0.3 is 11.1 Å². The first-order chi connectivity index (χ1) is 5.31. The van der Waals surface area contributed by atoms with Crippen molar-refractivity contribution in [3.63, 3.8) is 0 Å². The Hall–Kier alpha value is -1.09. The van der Waals surface area contributed by atoms with Gasteiger partial charge in [-0.25, -0.2) is 0 Å². The van der Waals surface area contributed by atoms with Gasteiger partial charge in [-0.15, -0.1) is 6.58 Å². The molecule has 0 aliphatic carbocycles. The molecule has 0 unspecified atom stereocenters. The van der Waals surface area contributed by atoms with Gasteiger partial charge in [0.1, 0.15) is 0 Å². The molecule has 0 bridgehead atoms. The standard InChI is InChI=1S/C8H14N2O/c1-2-5-8(11)10-7-4-3-6-9/h2-4H,1,5-7,9H2,(H,10,11)/b4-3+. The molecule has 0 aromatic rings. The number of carbonyl (C=O) groups is 1. The van der Waals surface area contributed by atoms with Gasteiger partial charge in [0.2, 0.25) is 5.91 Å². The Morgan fingerprint density at radius 2 is 2.27 bits per heavy atom. The summed E-state index contributed by atoms with van der Waals surface area (Å²) in [6.45, 7) is 4.50. The summed E-state index contributed by atoms with van der Waals surface area (Å²) in [5, 5.41) is 2.67. The third-order valence-corrected chi connectivity index (χ3v) is 1.05. The highest BCUT2D eigenvalue weighted by Gasteiger charge is 1.92. The molecule has 62 valence electrons. The summed E-state index contributed by atoms with van der Waals surface area (Å²) in [5.41, 5.74) is 5.19. The van der Waals surface area contributed by atoms with Gasteiger partial charge in [0.25, 0.3) is 0 Å². The molecule has 11 heavy (non-hydrogen) atoms. The number of nitrogens with one attached hydrogen (secondary N) is 1. The summed E-state index contributed by atoms with van der Waals surface area (Å²) in [6.07, 6.45) is 5.56. The molecular formula is C8H14N2O. The van der Waals surface area contributed by atoms with E-state index >= 15 is 0 Å². The third kappa shape index (κ3) is 6.80. The van der Waals surface area contributed by atoms with Crippen LogP contribution in [-0.4, -0.2) is 19.0 Å². The van der Waals surface area contributed by atoms with E-state index in [9.17, 15) is 4.79 Å². The molecule has 0 radical (unpaired) electrons. The zero-order chi connectivity index (χ0) is 8.53. The monoisotopic (exact) mass is 154 g/mol. The Morgan fingerprint density at radius 3 is 2.82 bits per heavy atom. The summed E-state index contributed by atoms with van der Waals surface area (Å²) in [7, 11) is 0. The first-order valence-electron chi connectivity index (χ1n) is 3.54. The van der Waals surface area contributed by atoms with Crippen molar-refractivity contribution in [1.29, 1.82) is 0 Å². The summed E-state index contributed by atoms with van der Waals surface area (Å²) in [6, 6.07) is 0. The second kappa shape index (κ2) is 7.02. The Labute approximate surface area is 67.0 Å². The van der Waals surface area contributed by atoms with Crippen molar-refractivity contribution in [2.45, 2.75) is 6.42 Å². The molecule has 3 N–H and O–H groups in total. The number of nitrogens with two attached hydrogens (primary N) is 1. The topological polar surface area (TPSA) is 55.1 Å². The zero-order valence-electron chi connectivity index (χ0n) is 6.55. The Morgan fingerprint density at radius 1 is 1.55 bits per heavy atom. The van der Waals surface area contributed by atoms with E-state index in [1.165, 1.54) is 0 Å². The minimum absolute atomic E-state index is 0.0123. The van der Waals surface area contributed by atoms with Crippen molar-refractivity contribution in [2.24, 2.45) is 5.73 Å². The van der Waals surface area contributed by atoms with E-state index < -0.39 is 0 Å². The number of rotatable bonds is 5. The van der Waals surface area contributed by atoms with Crippen LogP contribution in [0.25, 0.3) is 0 Å². The second-order valence-electron chi connectivity index (χ2n) is 2.00. The quantitative estimate of drug-likeness (QED) is 0.555. The molecule has 3 heteroatoms. The molecule has 0 saturated carbocycles. The average molecular weight is 154 g/mol. The Kier molecular flexibility index (Phi) is 6.33. The first-order valence-corrected chi connectivity index (χ1v) is 3.54. The highest BCUT2D eigenvalue weighted by atomic mass is 16.1. The lowest BCUT2D eigenvalue weighted by atomic mass is 10.4. The van der Waals surface area contributed by atoms with Crippen molar-refractivity contribution in [1.82, 2.24) is 5.32 Å². The van der Waals surface area contributed by atoms with Crippen molar-refractivity contribution >= 4 is 5.91 Å². The molecule has 0 fully saturated rings. The van der Waals surface area contributed by atoms with Crippen LogP contribution in [0.15, 0.2) is 24.8 Å². The summed E-state index contributed by atoms with van der Waals surface area (Å²) >= 11 is 0. The van der Waals surface area contributed by atoms with Crippen LogP contribution in [0.2, 0.25) is 0 Å². The van der Waals surface area contributed by atoms with Crippen LogP contribution in [0.3, 0.4) is 0 Å². The molecule has 0 aliphatic rings. The molecule has 0 spiro atoms. The molecular weight excluding hydrogens is 140 g/mol. The lowest BCUT2D eigenvalue weighted by molar-refractivity contribution is -0.120. The van der Waals surface area contributed by atoms with Crippen LogP contribution in [0.1, 0.15) is 6.42 Å². The van der Waals surface area contributed by atoms with Crippen LogP contribution in [0.4, 0.5) is 0 Å². The fourth-order valence-corrected chi connectivity index (χ4v) is 0.556. The predicted molar refractivity (Wildman–Crippen MR) is 46.0 cm³/mol. The van der Waals surface area contributed by atoms with Gasteiger partial charge in [-0.1, -0.05) is 18.2 Å². The Bertz CT molecular complexity index is 152. The normalized spacial score (nSPS) is 9.91. The van der Waals surface area contributed by atoms with Gasteiger partial charge in [-0.3, -0.25) is 4.79 Å². The van der Waals surface area contributed by atoms with Gasteiger partial charge in [0.15, 0.2) is 0 Å². The number of amides is 1. The van der Waals surface area contributed by atoms with Gasteiger partial charge in [0.05, 0.1) is 0 Å². The van der Waals surface area contributed by atoms with Crippen molar-refractivity contribution in [3.05, 3.63) is 24.8 Å². The van der Waals surface area contributed by atoms with E-state index in [0.29, 0.717) is 19.5 Å². The number of hydrogen-bond acceptors (Lipinski definition) is 2. The first kappa shape index (κ1) is 9.91. The van der Waals surface area contributed by atoms with E-state index in [-0.39, 0.29) is 5.91 Å². The average Bonchev–Trinajstić information content (AvgIpc) is 1.99. The van der Waals surface area contributed by atoms with E-state index in [1.807, 2.05) is 6.08 Å². The maximum absolute atomic E-state index is 10.8. The smallest absolute Gasteiger partial charge is 0.224 e. The van der Waals surface area contributed by atoms with Crippen LogP contribution < -0.4 is 11.1 Å². The van der Waals surface area contributed by atoms with Crippen molar-refractivity contribution < 1.29 is 4.79 Å². The van der Waals surface area contributed by atoms with Crippen molar-refractivity contribution in [2.75, 3.05) is 13.1 Å². The van der Waals surface area contributed by atoms with Crippen molar-refractivity contribution in [3.8, 4) is 0 Å². The lowest BCUT2D eigenvalue weighted by Gasteiger charge is -1.96. The second-order valence-corrected chi connectivity index (χ2v) is 2.00. The third-order valence-electron chi connectivity index (χ3n) is 1.05. The molecule has 0 saturated heterocycles. The molecule has 0 aromatic carbocycles. The zero-order valence-corrected chi connectivity index (χ0v) is 6.55. The molecule has 1 amide bonds. The fraction of sp³-hybridized carbons (Fsp3) is 0.375. The van der Waals surface area contributed by atoms with Crippen LogP contribution >= 0.6 is 0 Å². The molecule has 0 aliphatic heterocycles. The molecule has 0 heterocycles. The lowest BCUT2D eigenvalue weighted by Crippen LogP contribution is -2.22. The van der Waals surface area contributed by atoms with E-state index in [4.69, 9.17) is 5.73 Å². The number of hydrogen-bond donors (Lipinski definition) is 2. The summed E-state index contributed by atoms with van der Waals surface area (Å²) in [4.78, 5) is 10.8. The van der Waals surface area contributed by atoms with Gasteiger partial charge in [0, 0.05) is 19.5 Å². The predicted octanol–water partition coefficient (Wildman–Crippen LogP) is 0.194. The van der Waals surface area contributed by atoms with Gasteiger partial charge in [-0.05, 0) is 0 Å². The van der Waals surface area contributed by atoms with E-state index in [1.54, 1.807) is 12.2 Å². The number of carbonyl (C=O) groups excluding carboxylic acids is 1. The maximum atomic E-state index is 10.8. The van der Waals surface area contributed by atoms with Crippen LogP contribution in [0.5, 0.6) is 0 Å². The molecule has 0 atom stereocenters. The van der Waals surface area contributed by atoms with Crippen LogP contribution in [0, 0.1) is 0 Å². The van der Waals surface area contributed by atoms with E-state index in [2.05, 4.69) is 11.9 Å². The minimum Gasteiger partial charge on any atom is -0.352 e. The maximum Gasteiger partial charge on any atom is 0.224 e. The van der Waals surface area contributed by atoms with Crippen LogP contribution in [-0.2, 0) is 4.79 Å². The largest absolute Gasteiger partial charge is 0.352 e. The molecule has 0 aromatic heterocycles. The SMILES string of the molecule is C=CCC(=O)NC/C=C/CN. The summed E-state index contributed by atoms with van der Waals surface area (Å²) in [5.74, 6) is -0.0123. The fourth-order valence-electron chi connectivity index (χ4n) is 0.556. The minimum atomic E-state index is -0.0123. The molecule has 0 rings (SSSR count). The van der Waals surface area contributed by atoms with Gasteiger partial charge in [-0.2, -0.15) is 0 Å². The highest BCUT2D eigenvalue weighted by molar-refractivity contribution is 5.77. The Balaban J connectivity index is 3.30. The molecule has 3 nitrogen and oxygen atoms in total. The van der Waals surface area contributed by atoms with E-state index in [0.717, 1.165) is 0 Å². The summed E-state index contributed by atoms with van der Waals surface area (Å²) < 4.78 is 0. The highest BCUT2D eigenvalue weighted by Crippen LogP contribution is 1.78.